The summed E-state index contributed by atoms with van der Waals surface area (Å²) in [5.41, 5.74) is 2.71. The molecular formula is C11H16O. The van der Waals surface area contributed by atoms with Crippen LogP contribution in [0.5, 0.6) is 0 Å². The lowest BCUT2D eigenvalue weighted by atomic mass is 9.97. The van der Waals surface area contributed by atoms with Gasteiger partial charge in [-0.05, 0) is 43.6 Å². The largest absolute Gasteiger partial charge is 0.295 e. The third-order valence-corrected chi connectivity index (χ3v) is 3.23. The number of hydrogen-bond acceptors (Lipinski definition) is 1. The second-order valence-corrected chi connectivity index (χ2v) is 4.07. The Morgan fingerprint density at radius 3 is 2.50 bits per heavy atom. The molecule has 1 heteroatoms. The second-order valence-electron chi connectivity index (χ2n) is 4.07. The van der Waals surface area contributed by atoms with Crippen molar-refractivity contribution < 1.29 is 4.79 Å². The van der Waals surface area contributed by atoms with Crippen LogP contribution in [0.1, 0.15) is 45.4 Å². The van der Waals surface area contributed by atoms with Crippen molar-refractivity contribution in [3.05, 3.63) is 11.1 Å². The summed E-state index contributed by atoms with van der Waals surface area (Å²) in [5, 5.41) is 0. The Labute approximate surface area is 73.8 Å². The number of allylic oxidation sites excluding steroid dienone is 2. The van der Waals surface area contributed by atoms with E-state index in [0.29, 0.717) is 11.7 Å². The van der Waals surface area contributed by atoms with Crippen LogP contribution in [-0.4, -0.2) is 5.78 Å². The van der Waals surface area contributed by atoms with Crippen molar-refractivity contribution >= 4 is 5.78 Å². The molecule has 2 aliphatic rings. The third kappa shape index (κ3) is 1.21. The Hall–Kier alpha value is -0.590. The molecule has 12 heavy (non-hydrogen) atoms. The fourth-order valence-corrected chi connectivity index (χ4v) is 2.52. The SMILES string of the molecule is CC1CCC/C1=C1\CCCC1=O. The van der Waals surface area contributed by atoms with E-state index in [0.717, 1.165) is 19.3 Å². The summed E-state index contributed by atoms with van der Waals surface area (Å²) in [4.78, 5) is 11.4. The van der Waals surface area contributed by atoms with Crippen molar-refractivity contribution in [2.24, 2.45) is 5.92 Å². The van der Waals surface area contributed by atoms with Gasteiger partial charge in [-0.2, -0.15) is 0 Å². The summed E-state index contributed by atoms with van der Waals surface area (Å²) >= 11 is 0. The average molecular weight is 164 g/mol. The minimum absolute atomic E-state index is 0.443. The van der Waals surface area contributed by atoms with Gasteiger partial charge in [-0.1, -0.05) is 12.5 Å². The highest BCUT2D eigenvalue weighted by atomic mass is 16.1. The van der Waals surface area contributed by atoms with Crippen molar-refractivity contribution in [2.75, 3.05) is 0 Å². The van der Waals surface area contributed by atoms with Gasteiger partial charge >= 0.3 is 0 Å². The maximum Gasteiger partial charge on any atom is 0.158 e. The van der Waals surface area contributed by atoms with E-state index < -0.39 is 0 Å². The molecule has 0 aromatic heterocycles. The van der Waals surface area contributed by atoms with Crippen LogP contribution in [0, 0.1) is 5.92 Å². The van der Waals surface area contributed by atoms with Crippen LogP contribution >= 0.6 is 0 Å². The Morgan fingerprint density at radius 2 is 2.00 bits per heavy atom. The molecular weight excluding hydrogens is 148 g/mol. The van der Waals surface area contributed by atoms with Crippen LogP contribution in [0.25, 0.3) is 0 Å². The molecule has 66 valence electrons. The van der Waals surface area contributed by atoms with Crippen LogP contribution in [-0.2, 0) is 4.79 Å². The Kier molecular flexibility index (Phi) is 2.03. The van der Waals surface area contributed by atoms with Gasteiger partial charge in [0.1, 0.15) is 0 Å². The number of carbonyl (C=O) groups is 1. The minimum atomic E-state index is 0.443. The van der Waals surface area contributed by atoms with Crippen molar-refractivity contribution in [3.8, 4) is 0 Å². The Bertz CT molecular complexity index is 237. The lowest BCUT2D eigenvalue weighted by molar-refractivity contribution is -0.114. The zero-order valence-electron chi connectivity index (χ0n) is 7.73. The van der Waals surface area contributed by atoms with E-state index in [1.165, 1.54) is 30.4 Å². The zero-order chi connectivity index (χ0) is 8.55. The normalized spacial score (nSPS) is 36.4. The molecule has 0 aromatic carbocycles. The highest BCUT2D eigenvalue weighted by molar-refractivity contribution is 5.98. The number of rotatable bonds is 0. The lowest BCUT2D eigenvalue weighted by Crippen LogP contribution is -2.00. The first-order chi connectivity index (χ1) is 5.79. The quantitative estimate of drug-likeness (QED) is 0.503. The molecule has 0 amide bonds. The summed E-state index contributed by atoms with van der Waals surface area (Å²) in [6.07, 6.45) is 6.77. The molecule has 2 fully saturated rings. The van der Waals surface area contributed by atoms with E-state index in [2.05, 4.69) is 6.92 Å². The first-order valence-corrected chi connectivity index (χ1v) is 5.04. The van der Waals surface area contributed by atoms with Gasteiger partial charge in [0.15, 0.2) is 5.78 Å². The maximum atomic E-state index is 11.4. The number of carbonyl (C=O) groups excluding carboxylic acids is 1. The fourth-order valence-electron chi connectivity index (χ4n) is 2.52. The van der Waals surface area contributed by atoms with Gasteiger partial charge < -0.3 is 0 Å². The second kappa shape index (κ2) is 3.04. The van der Waals surface area contributed by atoms with E-state index >= 15 is 0 Å². The molecule has 1 unspecified atom stereocenters. The molecule has 0 saturated heterocycles. The number of Topliss-reactive ketones (excluding diaryl/α,β-unsaturated/α-hetero) is 1. The molecule has 0 N–H and O–H groups in total. The molecule has 1 atom stereocenters. The van der Waals surface area contributed by atoms with Crippen molar-refractivity contribution in [1.29, 1.82) is 0 Å². The van der Waals surface area contributed by atoms with Gasteiger partial charge in [0.25, 0.3) is 0 Å². The molecule has 2 aliphatic carbocycles. The van der Waals surface area contributed by atoms with E-state index in [9.17, 15) is 4.79 Å². The van der Waals surface area contributed by atoms with Crippen molar-refractivity contribution in [2.45, 2.75) is 45.4 Å². The highest BCUT2D eigenvalue weighted by Gasteiger charge is 2.26. The molecule has 0 radical (unpaired) electrons. The summed E-state index contributed by atoms with van der Waals surface area (Å²) < 4.78 is 0. The van der Waals surface area contributed by atoms with Gasteiger partial charge in [0, 0.05) is 6.42 Å². The van der Waals surface area contributed by atoms with Crippen LogP contribution in [0.4, 0.5) is 0 Å². The minimum Gasteiger partial charge on any atom is -0.295 e. The van der Waals surface area contributed by atoms with Crippen LogP contribution in [0.15, 0.2) is 11.1 Å². The Balaban J connectivity index is 2.28. The highest BCUT2D eigenvalue weighted by Crippen LogP contribution is 2.37. The molecule has 0 heterocycles. The number of hydrogen-bond donors (Lipinski definition) is 0. The van der Waals surface area contributed by atoms with E-state index in [1.807, 2.05) is 0 Å². The summed E-state index contributed by atoms with van der Waals surface area (Å²) in [6, 6.07) is 0. The molecule has 2 rings (SSSR count). The van der Waals surface area contributed by atoms with E-state index in [-0.39, 0.29) is 0 Å². The monoisotopic (exact) mass is 164 g/mol. The topological polar surface area (TPSA) is 17.1 Å². The Morgan fingerprint density at radius 1 is 1.17 bits per heavy atom. The standard InChI is InChI=1S/C11H16O/c1-8-4-2-5-9(8)10-6-3-7-11(10)12/h8H,2-7H2,1H3/b10-9-. The fraction of sp³-hybridized carbons (Fsp3) is 0.727. The van der Waals surface area contributed by atoms with Gasteiger partial charge in [0.05, 0.1) is 0 Å². The predicted molar refractivity (Wildman–Crippen MR) is 48.9 cm³/mol. The molecule has 1 nitrogen and oxygen atoms in total. The maximum absolute atomic E-state index is 11.4. The van der Waals surface area contributed by atoms with E-state index in [4.69, 9.17) is 0 Å². The number of ketones is 1. The summed E-state index contributed by atoms with van der Waals surface area (Å²) in [6.45, 7) is 2.26. The first-order valence-electron chi connectivity index (χ1n) is 5.04. The third-order valence-electron chi connectivity index (χ3n) is 3.23. The smallest absolute Gasteiger partial charge is 0.158 e. The molecule has 0 aromatic rings. The van der Waals surface area contributed by atoms with Crippen molar-refractivity contribution in [3.63, 3.8) is 0 Å². The summed E-state index contributed by atoms with van der Waals surface area (Å²) in [5.74, 6) is 1.14. The van der Waals surface area contributed by atoms with Crippen LogP contribution in [0.2, 0.25) is 0 Å². The van der Waals surface area contributed by atoms with Gasteiger partial charge in [-0.15, -0.1) is 0 Å². The molecule has 0 spiro atoms. The molecule has 0 bridgehead atoms. The van der Waals surface area contributed by atoms with Gasteiger partial charge in [-0.3, -0.25) is 4.79 Å². The van der Waals surface area contributed by atoms with Crippen LogP contribution in [0.3, 0.4) is 0 Å². The van der Waals surface area contributed by atoms with Crippen LogP contribution < -0.4 is 0 Å². The first kappa shape index (κ1) is 8.03. The van der Waals surface area contributed by atoms with E-state index in [1.54, 1.807) is 0 Å². The average Bonchev–Trinajstić information content (AvgIpc) is 2.59. The summed E-state index contributed by atoms with van der Waals surface area (Å²) in [7, 11) is 0. The predicted octanol–water partition coefficient (Wildman–Crippen LogP) is 2.86. The van der Waals surface area contributed by atoms with Gasteiger partial charge in [0.2, 0.25) is 0 Å². The van der Waals surface area contributed by atoms with Gasteiger partial charge in [-0.25, -0.2) is 0 Å². The molecule has 2 saturated carbocycles. The lowest BCUT2D eigenvalue weighted by Gasteiger charge is -2.07. The zero-order valence-corrected chi connectivity index (χ0v) is 7.73. The van der Waals surface area contributed by atoms with Crippen molar-refractivity contribution in [1.82, 2.24) is 0 Å². The molecule has 0 aliphatic heterocycles.